The van der Waals surface area contributed by atoms with Crippen molar-refractivity contribution in [2.24, 2.45) is 0 Å². The van der Waals surface area contributed by atoms with E-state index in [0.29, 0.717) is 5.69 Å². The normalized spacial score (nSPS) is 10.7. The van der Waals surface area contributed by atoms with E-state index in [2.05, 4.69) is 15.2 Å². The number of benzene rings is 2. The number of ether oxygens (including phenoxy) is 1. The number of aromatic nitrogens is 3. The van der Waals surface area contributed by atoms with E-state index in [1.165, 1.54) is 0 Å². The van der Waals surface area contributed by atoms with Crippen LogP contribution in [-0.2, 0) is 0 Å². The molecular weight excluding hydrogens is 254 g/mol. The van der Waals surface area contributed by atoms with E-state index in [9.17, 15) is 0 Å². The van der Waals surface area contributed by atoms with Crippen LogP contribution >= 0.6 is 0 Å². The summed E-state index contributed by atoms with van der Waals surface area (Å²) in [6.07, 6.45) is 0. The lowest BCUT2D eigenvalue weighted by Crippen LogP contribution is -2.04. The summed E-state index contributed by atoms with van der Waals surface area (Å²) in [5.41, 5.74) is 12.7. The van der Waals surface area contributed by atoms with Crippen LogP contribution in [0, 0.1) is 0 Å². The molecule has 0 atom stereocenters. The minimum atomic E-state index is 0.0541. The largest absolute Gasteiger partial charge is 0.497 e. The Morgan fingerprint density at radius 2 is 1.85 bits per heavy atom. The Labute approximate surface area is 115 Å². The summed E-state index contributed by atoms with van der Waals surface area (Å²) in [5.74, 6) is 1.02. The van der Waals surface area contributed by atoms with E-state index in [4.69, 9.17) is 16.2 Å². The molecule has 0 aliphatic heterocycles. The van der Waals surface area contributed by atoms with Gasteiger partial charge in [-0.15, -0.1) is 10.2 Å². The van der Waals surface area contributed by atoms with Gasteiger partial charge in [0.05, 0.1) is 7.11 Å². The predicted octanol–water partition coefficient (Wildman–Crippen LogP) is 1.86. The number of hydrogen-bond donors (Lipinski definition) is 2. The molecule has 2 aromatic carbocycles. The second kappa shape index (κ2) is 4.65. The summed E-state index contributed by atoms with van der Waals surface area (Å²) in [4.78, 5) is 3.95. The van der Waals surface area contributed by atoms with E-state index in [-0.39, 0.29) is 11.8 Å². The Hall–Kier alpha value is -2.89. The standard InChI is InChI=1S/C14H13N5O/c1-20-9-6-8-4-2-3-5-10(8)11(7-9)12-13(15)17-14(16)19-18-12/h2-7H,1H3,(H4,15,16,17,19). The lowest BCUT2D eigenvalue weighted by atomic mass is 10.0. The number of methoxy groups -OCH3 is 1. The van der Waals surface area contributed by atoms with Crippen LogP contribution in [0.5, 0.6) is 5.75 Å². The third-order valence-electron chi connectivity index (χ3n) is 3.06. The first-order valence-electron chi connectivity index (χ1n) is 6.02. The van der Waals surface area contributed by atoms with Crippen LogP contribution in [0.4, 0.5) is 11.8 Å². The maximum Gasteiger partial charge on any atom is 0.242 e. The Morgan fingerprint density at radius 3 is 2.60 bits per heavy atom. The van der Waals surface area contributed by atoms with Gasteiger partial charge in [0.15, 0.2) is 5.82 Å². The maximum atomic E-state index is 5.90. The highest BCUT2D eigenvalue weighted by Gasteiger charge is 2.12. The van der Waals surface area contributed by atoms with E-state index < -0.39 is 0 Å². The van der Waals surface area contributed by atoms with Crippen LogP contribution in [0.3, 0.4) is 0 Å². The van der Waals surface area contributed by atoms with Gasteiger partial charge in [0.25, 0.3) is 0 Å². The first-order valence-corrected chi connectivity index (χ1v) is 6.02. The molecule has 100 valence electrons. The molecule has 0 bridgehead atoms. The molecule has 0 unspecified atom stereocenters. The van der Waals surface area contributed by atoms with Crippen LogP contribution in [0.15, 0.2) is 36.4 Å². The molecule has 1 aromatic heterocycles. The average molecular weight is 267 g/mol. The van der Waals surface area contributed by atoms with Gasteiger partial charge in [-0.05, 0) is 22.9 Å². The quantitative estimate of drug-likeness (QED) is 0.735. The van der Waals surface area contributed by atoms with Gasteiger partial charge in [0.2, 0.25) is 5.95 Å². The third-order valence-corrected chi connectivity index (χ3v) is 3.06. The highest BCUT2D eigenvalue weighted by molar-refractivity contribution is 5.98. The zero-order valence-corrected chi connectivity index (χ0v) is 10.9. The number of rotatable bonds is 2. The van der Waals surface area contributed by atoms with Crippen molar-refractivity contribution in [3.63, 3.8) is 0 Å². The summed E-state index contributed by atoms with van der Waals surface area (Å²) in [6, 6.07) is 11.7. The number of fused-ring (bicyclic) bond motifs is 1. The number of hydrogen-bond acceptors (Lipinski definition) is 6. The van der Waals surface area contributed by atoms with Gasteiger partial charge in [0, 0.05) is 5.56 Å². The van der Waals surface area contributed by atoms with Crippen LogP contribution in [0.1, 0.15) is 0 Å². The fourth-order valence-electron chi connectivity index (χ4n) is 2.14. The third kappa shape index (κ3) is 1.97. The molecule has 0 fully saturated rings. The minimum absolute atomic E-state index is 0.0541. The molecule has 3 aromatic rings. The highest BCUT2D eigenvalue weighted by atomic mass is 16.5. The molecule has 0 saturated heterocycles. The second-order valence-electron chi connectivity index (χ2n) is 4.30. The number of nitrogen functional groups attached to an aromatic ring is 2. The molecule has 1 heterocycles. The smallest absolute Gasteiger partial charge is 0.242 e. The second-order valence-corrected chi connectivity index (χ2v) is 4.30. The summed E-state index contributed by atoms with van der Waals surface area (Å²) >= 11 is 0. The van der Waals surface area contributed by atoms with Crippen LogP contribution in [0.25, 0.3) is 22.0 Å². The lowest BCUT2D eigenvalue weighted by molar-refractivity contribution is 0.415. The topological polar surface area (TPSA) is 99.9 Å². The summed E-state index contributed by atoms with van der Waals surface area (Å²) in [5, 5.41) is 9.86. The molecule has 0 radical (unpaired) electrons. The van der Waals surface area contributed by atoms with Crippen molar-refractivity contribution in [2.75, 3.05) is 18.6 Å². The molecule has 0 aliphatic carbocycles. The molecule has 6 nitrogen and oxygen atoms in total. The number of anilines is 2. The van der Waals surface area contributed by atoms with Gasteiger partial charge in [-0.1, -0.05) is 24.3 Å². The van der Waals surface area contributed by atoms with E-state index in [1.807, 2.05) is 36.4 Å². The van der Waals surface area contributed by atoms with Crippen molar-refractivity contribution in [2.45, 2.75) is 0 Å². The summed E-state index contributed by atoms with van der Waals surface area (Å²) in [7, 11) is 1.62. The number of nitrogens with two attached hydrogens (primary N) is 2. The monoisotopic (exact) mass is 267 g/mol. The molecule has 0 aliphatic rings. The van der Waals surface area contributed by atoms with E-state index in [1.54, 1.807) is 7.11 Å². The van der Waals surface area contributed by atoms with Crippen molar-refractivity contribution in [1.29, 1.82) is 0 Å². The van der Waals surface area contributed by atoms with Crippen molar-refractivity contribution >= 4 is 22.5 Å². The van der Waals surface area contributed by atoms with Crippen molar-refractivity contribution < 1.29 is 4.74 Å². The zero-order chi connectivity index (χ0) is 14.1. The molecule has 6 heteroatoms. The van der Waals surface area contributed by atoms with Crippen molar-refractivity contribution in [1.82, 2.24) is 15.2 Å². The first-order chi connectivity index (χ1) is 9.69. The molecule has 0 spiro atoms. The SMILES string of the molecule is COc1cc(-c2nnc(N)nc2N)c2ccccc2c1. The summed E-state index contributed by atoms with van der Waals surface area (Å²) < 4.78 is 5.31. The lowest BCUT2D eigenvalue weighted by Gasteiger charge is -2.10. The van der Waals surface area contributed by atoms with Crippen LogP contribution in [0.2, 0.25) is 0 Å². The minimum Gasteiger partial charge on any atom is -0.497 e. The highest BCUT2D eigenvalue weighted by Crippen LogP contribution is 2.33. The molecule has 0 amide bonds. The van der Waals surface area contributed by atoms with Gasteiger partial charge >= 0.3 is 0 Å². The number of nitrogens with zero attached hydrogens (tertiary/aromatic N) is 3. The van der Waals surface area contributed by atoms with Gasteiger partial charge < -0.3 is 16.2 Å². The summed E-state index contributed by atoms with van der Waals surface area (Å²) in [6.45, 7) is 0. The van der Waals surface area contributed by atoms with Gasteiger partial charge in [-0.25, -0.2) is 0 Å². The van der Waals surface area contributed by atoms with Crippen molar-refractivity contribution in [3.8, 4) is 17.0 Å². The Balaban J connectivity index is 2.34. The van der Waals surface area contributed by atoms with Crippen LogP contribution in [-0.4, -0.2) is 22.3 Å². The van der Waals surface area contributed by atoms with Crippen LogP contribution < -0.4 is 16.2 Å². The fourth-order valence-corrected chi connectivity index (χ4v) is 2.14. The van der Waals surface area contributed by atoms with E-state index >= 15 is 0 Å². The molecule has 4 N–H and O–H groups in total. The molecular formula is C14H13N5O. The molecule has 0 saturated carbocycles. The average Bonchev–Trinajstić information content (AvgIpc) is 2.46. The fraction of sp³-hybridized carbons (Fsp3) is 0.0714. The van der Waals surface area contributed by atoms with Gasteiger partial charge in [-0.3, -0.25) is 0 Å². The van der Waals surface area contributed by atoms with E-state index in [0.717, 1.165) is 22.1 Å². The molecule has 20 heavy (non-hydrogen) atoms. The van der Waals surface area contributed by atoms with Gasteiger partial charge in [-0.2, -0.15) is 4.98 Å². The predicted molar refractivity (Wildman–Crippen MR) is 78.1 cm³/mol. The Morgan fingerprint density at radius 1 is 1.05 bits per heavy atom. The maximum absolute atomic E-state index is 5.90. The first kappa shape index (κ1) is 12.2. The van der Waals surface area contributed by atoms with Gasteiger partial charge in [0.1, 0.15) is 11.4 Å². The zero-order valence-electron chi connectivity index (χ0n) is 10.9. The Kier molecular flexibility index (Phi) is 2.83. The van der Waals surface area contributed by atoms with Crippen molar-refractivity contribution in [3.05, 3.63) is 36.4 Å². The Bertz CT molecular complexity index is 788. The molecule has 3 rings (SSSR count).